The topological polar surface area (TPSA) is 53.2 Å². The molecule has 0 aliphatic rings. The number of aliphatic hydroxyl groups excluding tert-OH is 1. The van der Waals surface area contributed by atoms with Crippen molar-refractivity contribution in [2.45, 2.75) is 39.2 Å². The summed E-state index contributed by atoms with van der Waals surface area (Å²) in [6.45, 7) is 4.76. The normalized spacial score (nSPS) is 13.7. The second kappa shape index (κ2) is 7.73. The van der Waals surface area contributed by atoms with E-state index in [9.17, 15) is 5.11 Å². The summed E-state index contributed by atoms with van der Waals surface area (Å²) in [6.07, 6.45) is 1.87. The van der Waals surface area contributed by atoms with Gasteiger partial charge in [-0.1, -0.05) is 32.4 Å². The molecule has 0 bridgehead atoms. The first-order valence-corrected chi connectivity index (χ1v) is 6.53. The lowest BCUT2D eigenvalue weighted by Crippen LogP contribution is -2.10. The molecule has 0 aliphatic heterocycles. The lowest BCUT2D eigenvalue weighted by atomic mass is 9.93. The van der Waals surface area contributed by atoms with E-state index in [-0.39, 0.29) is 5.92 Å². The molecule has 98 valence electrons. The Balaban J connectivity index is 2.69. The van der Waals surface area contributed by atoms with Crippen molar-refractivity contribution >= 4 is 0 Å². The summed E-state index contributed by atoms with van der Waals surface area (Å²) in [7, 11) is 0. The van der Waals surface area contributed by atoms with Gasteiger partial charge in [0, 0.05) is 0 Å². The van der Waals surface area contributed by atoms with E-state index in [1.807, 2.05) is 31.2 Å². The molecule has 3 nitrogen and oxygen atoms in total. The van der Waals surface area contributed by atoms with Crippen LogP contribution < -0.4 is 4.74 Å². The standard InChI is InChI=1S/C15H21NO2/c1-3-5-13(11-16)15(17)12-6-8-14(9-7-12)18-10-4-2/h6-9,13,15,17H,3-5,10H2,1-2H3. The Kier molecular flexibility index (Phi) is 6.24. The number of aliphatic hydroxyl groups is 1. The van der Waals surface area contributed by atoms with Crippen LogP contribution in [0.5, 0.6) is 5.75 Å². The minimum absolute atomic E-state index is 0.336. The van der Waals surface area contributed by atoms with Crippen molar-refractivity contribution in [1.82, 2.24) is 0 Å². The number of nitriles is 1. The molecule has 1 rings (SSSR count). The zero-order valence-electron chi connectivity index (χ0n) is 11.1. The van der Waals surface area contributed by atoms with Crippen molar-refractivity contribution in [1.29, 1.82) is 5.26 Å². The Morgan fingerprint density at radius 2 is 1.89 bits per heavy atom. The average molecular weight is 247 g/mol. The number of benzene rings is 1. The molecule has 0 heterocycles. The molecular weight excluding hydrogens is 226 g/mol. The van der Waals surface area contributed by atoms with E-state index < -0.39 is 6.10 Å². The third-order valence-electron chi connectivity index (χ3n) is 2.84. The largest absolute Gasteiger partial charge is 0.494 e. The van der Waals surface area contributed by atoms with Gasteiger partial charge >= 0.3 is 0 Å². The fourth-order valence-electron chi connectivity index (χ4n) is 1.82. The maximum absolute atomic E-state index is 10.1. The number of nitrogens with zero attached hydrogens (tertiary/aromatic N) is 1. The van der Waals surface area contributed by atoms with Crippen LogP contribution in [0.3, 0.4) is 0 Å². The van der Waals surface area contributed by atoms with Crippen molar-refractivity contribution in [3.63, 3.8) is 0 Å². The molecule has 0 amide bonds. The van der Waals surface area contributed by atoms with Crippen molar-refractivity contribution in [2.24, 2.45) is 5.92 Å². The second-order valence-electron chi connectivity index (χ2n) is 4.39. The molecule has 3 heteroatoms. The van der Waals surface area contributed by atoms with Gasteiger partial charge in [0.1, 0.15) is 5.75 Å². The zero-order valence-corrected chi connectivity index (χ0v) is 11.1. The minimum atomic E-state index is -0.713. The van der Waals surface area contributed by atoms with Crippen molar-refractivity contribution < 1.29 is 9.84 Å². The lowest BCUT2D eigenvalue weighted by Gasteiger charge is -2.16. The van der Waals surface area contributed by atoms with E-state index in [0.29, 0.717) is 13.0 Å². The van der Waals surface area contributed by atoms with Crippen LogP contribution in [0.25, 0.3) is 0 Å². The quantitative estimate of drug-likeness (QED) is 0.803. The Morgan fingerprint density at radius 1 is 1.22 bits per heavy atom. The molecule has 18 heavy (non-hydrogen) atoms. The SMILES string of the molecule is CCCOc1ccc(C(O)C(C#N)CCC)cc1. The fraction of sp³-hybridized carbons (Fsp3) is 0.533. The molecule has 1 aromatic carbocycles. The van der Waals surface area contributed by atoms with Crippen molar-refractivity contribution in [3.05, 3.63) is 29.8 Å². The van der Waals surface area contributed by atoms with Gasteiger partial charge in [0.25, 0.3) is 0 Å². The Labute approximate surface area is 109 Å². The Morgan fingerprint density at radius 3 is 2.39 bits per heavy atom. The fourth-order valence-corrected chi connectivity index (χ4v) is 1.82. The van der Waals surface area contributed by atoms with E-state index in [1.54, 1.807) is 0 Å². The van der Waals surface area contributed by atoms with Crippen LogP contribution in [-0.4, -0.2) is 11.7 Å². The first-order chi connectivity index (χ1) is 8.72. The van der Waals surface area contributed by atoms with E-state index in [2.05, 4.69) is 13.0 Å². The van der Waals surface area contributed by atoms with E-state index in [1.165, 1.54) is 0 Å². The Hall–Kier alpha value is -1.53. The monoisotopic (exact) mass is 247 g/mol. The maximum Gasteiger partial charge on any atom is 0.119 e. The van der Waals surface area contributed by atoms with Gasteiger partial charge < -0.3 is 9.84 Å². The minimum Gasteiger partial charge on any atom is -0.494 e. The number of hydrogen-bond acceptors (Lipinski definition) is 3. The molecule has 2 unspecified atom stereocenters. The summed E-state index contributed by atoms with van der Waals surface area (Å²) in [6, 6.07) is 9.51. The first kappa shape index (κ1) is 14.5. The highest BCUT2D eigenvalue weighted by Crippen LogP contribution is 2.26. The van der Waals surface area contributed by atoms with Gasteiger partial charge in [0.2, 0.25) is 0 Å². The van der Waals surface area contributed by atoms with Crippen LogP contribution in [-0.2, 0) is 0 Å². The maximum atomic E-state index is 10.1. The van der Waals surface area contributed by atoms with E-state index in [4.69, 9.17) is 10.00 Å². The molecule has 0 radical (unpaired) electrons. The van der Waals surface area contributed by atoms with E-state index >= 15 is 0 Å². The zero-order chi connectivity index (χ0) is 13.4. The molecular formula is C15H21NO2. The average Bonchev–Trinajstić information content (AvgIpc) is 2.42. The highest BCUT2D eigenvalue weighted by atomic mass is 16.5. The summed E-state index contributed by atoms with van der Waals surface area (Å²) in [5.41, 5.74) is 0.777. The predicted octanol–water partition coefficient (Wildman–Crippen LogP) is 3.45. The summed E-state index contributed by atoms with van der Waals surface area (Å²) < 4.78 is 5.48. The van der Waals surface area contributed by atoms with Gasteiger partial charge in [-0.05, 0) is 30.5 Å². The van der Waals surface area contributed by atoms with Gasteiger partial charge in [0.15, 0.2) is 0 Å². The summed E-state index contributed by atoms with van der Waals surface area (Å²) >= 11 is 0. The van der Waals surface area contributed by atoms with Crippen LogP contribution in [0.15, 0.2) is 24.3 Å². The number of hydrogen-bond donors (Lipinski definition) is 1. The third kappa shape index (κ3) is 4.05. The molecule has 0 spiro atoms. The molecule has 1 aromatic rings. The van der Waals surface area contributed by atoms with Crippen molar-refractivity contribution in [3.8, 4) is 11.8 Å². The molecule has 0 aliphatic carbocycles. The Bertz CT molecular complexity index is 380. The van der Waals surface area contributed by atoms with Gasteiger partial charge in [-0.25, -0.2) is 0 Å². The molecule has 0 saturated carbocycles. The van der Waals surface area contributed by atoms with Gasteiger partial charge in [-0.2, -0.15) is 5.26 Å². The molecule has 2 atom stereocenters. The summed E-state index contributed by atoms with van der Waals surface area (Å²) in [5, 5.41) is 19.1. The van der Waals surface area contributed by atoms with Gasteiger partial charge in [-0.15, -0.1) is 0 Å². The first-order valence-electron chi connectivity index (χ1n) is 6.53. The van der Waals surface area contributed by atoms with Gasteiger partial charge in [-0.3, -0.25) is 0 Å². The lowest BCUT2D eigenvalue weighted by molar-refractivity contribution is 0.130. The van der Waals surface area contributed by atoms with Crippen LogP contribution in [0.4, 0.5) is 0 Å². The predicted molar refractivity (Wildman–Crippen MR) is 71.2 cm³/mol. The van der Waals surface area contributed by atoms with Crippen LogP contribution in [0, 0.1) is 17.2 Å². The third-order valence-corrected chi connectivity index (χ3v) is 2.84. The molecule has 1 N–H and O–H groups in total. The molecule has 0 saturated heterocycles. The van der Waals surface area contributed by atoms with Crippen LogP contribution in [0.2, 0.25) is 0 Å². The van der Waals surface area contributed by atoms with E-state index in [0.717, 1.165) is 24.2 Å². The number of ether oxygens (including phenoxy) is 1. The van der Waals surface area contributed by atoms with Crippen LogP contribution >= 0.6 is 0 Å². The highest BCUT2D eigenvalue weighted by Gasteiger charge is 2.19. The van der Waals surface area contributed by atoms with Gasteiger partial charge in [0.05, 0.1) is 24.7 Å². The summed E-state index contributed by atoms with van der Waals surface area (Å²) in [4.78, 5) is 0. The molecule has 0 aromatic heterocycles. The number of rotatable bonds is 7. The highest BCUT2D eigenvalue weighted by molar-refractivity contribution is 5.29. The summed E-state index contributed by atoms with van der Waals surface area (Å²) in [5.74, 6) is 0.467. The van der Waals surface area contributed by atoms with Crippen LogP contribution in [0.1, 0.15) is 44.8 Å². The second-order valence-corrected chi connectivity index (χ2v) is 4.39. The molecule has 0 fully saturated rings. The van der Waals surface area contributed by atoms with Crippen molar-refractivity contribution in [2.75, 3.05) is 6.61 Å². The smallest absolute Gasteiger partial charge is 0.119 e.